The number of rotatable bonds is 1. The van der Waals surface area contributed by atoms with Crippen molar-refractivity contribution in [2.45, 2.75) is 33.1 Å². The van der Waals surface area contributed by atoms with Crippen molar-refractivity contribution in [3.8, 4) is 0 Å². The van der Waals surface area contributed by atoms with Crippen molar-refractivity contribution in [1.82, 2.24) is 0 Å². The maximum Gasteiger partial charge on any atom is -0.00556 e. The van der Waals surface area contributed by atoms with Gasteiger partial charge >= 0.3 is 0 Å². The second-order valence-electron chi connectivity index (χ2n) is 4.01. The Balaban J connectivity index is 2.20. The van der Waals surface area contributed by atoms with E-state index in [0.717, 1.165) is 11.8 Å². The fourth-order valence-electron chi connectivity index (χ4n) is 2.72. The number of allylic oxidation sites excluding steroid dienone is 2. The molecular formula is C10H16. The minimum atomic E-state index is 0.620. The molecule has 0 heteroatoms. The third-order valence-electron chi connectivity index (χ3n) is 3.69. The number of fused-ring (bicyclic) bond motifs is 1. The summed E-state index contributed by atoms with van der Waals surface area (Å²) >= 11 is 0. The minimum absolute atomic E-state index is 0.620. The van der Waals surface area contributed by atoms with E-state index in [9.17, 15) is 0 Å². The Bertz CT molecular complexity index is 169. The Hall–Kier alpha value is -0.260. The summed E-state index contributed by atoms with van der Waals surface area (Å²) in [6.45, 7) is 4.75. The molecule has 3 unspecified atom stereocenters. The van der Waals surface area contributed by atoms with Gasteiger partial charge < -0.3 is 0 Å². The van der Waals surface area contributed by atoms with Crippen LogP contribution in [-0.2, 0) is 0 Å². The van der Waals surface area contributed by atoms with Crippen LogP contribution in [0.1, 0.15) is 33.1 Å². The quantitative estimate of drug-likeness (QED) is 0.486. The van der Waals surface area contributed by atoms with Gasteiger partial charge in [0.25, 0.3) is 0 Å². The van der Waals surface area contributed by atoms with Crippen LogP contribution in [-0.4, -0.2) is 0 Å². The molecule has 10 heavy (non-hydrogen) atoms. The van der Waals surface area contributed by atoms with Gasteiger partial charge in [0.2, 0.25) is 0 Å². The molecule has 56 valence electrons. The zero-order valence-corrected chi connectivity index (χ0v) is 6.93. The Morgan fingerprint density at radius 1 is 1.50 bits per heavy atom. The molecule has 0 aromatic rings. The van der Waals surface area contributed by atoms with Crippen molar-refractivity contribution >= 4 is 0 Å². The summed E-state index contributed by atoms with van der Waals surface area (Å²) in [4.78, 5) is 0. The molecule has 0 spiro atoms. The molecule has 1 fully saturated rings. The van der Waals surface area contributed by atoms with Crippen LogP contribution in [0.3, 0.4) is 0 Å². The maximum atomic E-state index is 2.43. The summed E-state index contributed by atoms with van der Waals surface area (Å²) in [5.74, 6) is 1.93. The lowest BCUT2D eigenvalue weighted by molar-refractivity contribution is 0.223. The molecule has 0 saturated heterocycles. The highest BCUT2D eigenvalue weighted by atomic mass is 14.5. The summed E-state index contributed by atoms with van der Waals surface area (Å²) in [6, 6.07) is 0. The lowest BCUT2D eigenvalue weighted by atomic mass is 9.66. The van der Waals surface area contributed by atoms with Gasteiger partial charge in [-0.1, -0.05) is 32.4 Å². The molecule has 0 bridgehead atoms. The summed E-state index contributed by atoms with van der Waals surface area (Å²) in [7, 11) is 0. The van der Waals surface area contributed by atoms with Crippen LogP contribution in [0, 0.1) is 17.3 Å². The Kier molecular flexibility index (Phi) is 1.21. The molecule has 2 rings (SSSR count). The van der Waals surface area contributed by atoms with Crippen molar-refractivity contribution in [3.05, 3.63) is 12.2 Å². The Labute approximate surface area is 63.3 Å². The van der Waals surface area contributed by atoms with Crippen LogP contribution in [0.2, 0.25) is 0 Å². The first kappa shape index (κ1) is 6.45. The zero-order valence-electron chi connectivity index (χ0n) is 6.93. The van der Waals surface area contributed by atoms with Gasteiger partial charge in [-0.05, 0) is 30.1 Å². The van der Waals surface area contributed by atoms with Crippen molar-refractivity contribution in [1.29, 1.82) is 0 Å². The molecule has 2 aliphatic carbocycles. The zero-order chi connectivity index (χ0) is 7.19. The molecule has 2 aliphatic rings. The molecule has 0 N–H and O–H groups in total. The van der Waals surface area contributed by atoms with Crippen LogP contribution >= 0.6 is 0 Å². The van der Waals surface area contributed by atoms with Gasteiger partial charge in [-0.2, -0.15) is 0 Å². The summed E-state index contributed by atoms with van der Waals surface area (Å²) < 4.78 is 0. The lowest BCUT2D eigenvalue weighted by Gasteiger charge is -2.39. The van der Waals surface area contributed by atoms with Crippen molar-refractivity contribution in [3.63, 3.8) is 0 Å². The fourth-order valence-corrected chi connectivity index (χ4v) is 2.72. The predicted molar refractivity (Wildman–Crippen MR) is 43.8 cm³/mol. The molecule has 0 aliphatic heterocycles. The summed E-state index contributed by atoms with van der Waals surface area (Å²) in [6.07, 6.45) is 9.11. The molecule has 0 amide bonds. The highest BCUT2D eigenvalue weighted by Crippen LogP contribution is 2.56. The number of hydrogen-bond acceptors (Lipinski definition) is 0. The monoisotopic (exact) mass is 136 g/mol. The topological polar surface area (TPSA) is 0 Å². The molecule has 3 atom stereocenters. The van der Waals surface area contributed by atoms with E-state index < -0.39 is 0 Å². The van der Waals surface area contributed by atoms with E-state index in [4.69, 9.17) is 0 Å². The normalized spacial score (nSPS) is 50.6. The van der Waals surface area contributed by atoms with E-state index in [2.05, 4.69) is 26.0 Å². The van der Waals surface area contributed by atoms with E-state index in [0.29, 0.717) is 5.41 Å². The molecule has 0 radical (unpaired) electrons. The first-order valence-corrected chi connectivity index (χ1v) is 4.46. The first-order chi connectivity index (χ1) is 4.77. The maximum absolute atomic E-state index is 2.43. The number of hydrogen-bond donors (Lipinski definition) is 0. The third kappa shape index (κ3) is 0.574. The van der Waals surface area contributed by atoms with Crippen molar-refractivity contribution in [2.24, 2.45) is 17.3 Å². The molecular weight excluding hydrogens is 120 g/mol. The molecule has 0 nitrogen and oxygen atoms in total. The second-order valence-corrected chi connectivity index (χ2v) is 4.01. The van der Waals surface area contributed by atoms with Crippen LogP contribution < -0.4 is 0 Å². The van der Waals surface area contributed by atoms with Gasteiger partial charge in [-0.3, -0.25) is 0 Å². The van der Waals surface area contributed by atoms with Crippen LogP contribution in [0.25, 0.3) is 0 Å². The molecule has 0 aromatic carbocycles. The van der Waals surface area contributed by atoms with E-state index >= 15 is 0 Å². The van der Waals surface area contributed by atoms with Gasteiger partial charge in [0.1, 0.15) is 0 Å². The summed E-state index contributed by atoms with van der Waals surface area (Å²) in [5, 5.41) is 0. The van der Waals surface area contributed by atoms with Crippen LogP contribution in [0.15, 0.2) is 12.2 Å². The second kappa shape index (κ2) is 1.87. The third-order valence-corrected chi connectivity index (χ3v) is 3.69. The van der Waals surface area contributed by atoms with Gasteiger partial charge in [-0.25, -0.2) is 0 Å². The van der Waals surface area contributed by atoms with Crippen LogP contribution in [0.4, 0.5) is 0 Å². The van der Waals surface area contributed by atoms with Gasteiger partial charge in [-0.15, -0.1) is 0 Å². The van der Waals surface area contributed by atoms with Gasteiger partial charge in [0, 0.05) is 0 Å². The summed E-state index contributed by atoms with van der Waals surface area (Å²) in [5.41, 5.74) is 0.620. The standard InChI is InChI=1S/C10H16/c1-3-8-4-5-9-6-7-10(8,9)2/h6-9H,3-5H2,1-2H3. The van der Waals surface area contributed by atoms with Gasteiger partial charge in [0.15, 0.2) is 0 Å². The van der Waals surface area contributed by atoms with E-state index in [1.807, 2.05) is 0 Å². The highest BCUT2D eigenvalue weighted by Gasteiger charge is 2.46. The SMILES string of the molecule is CCC1CCC2C=CC21C. The van der Waals surface area contributed by atoms with Gasteiger partial charge in [0.05, 0.1) is 0 Å². The molecule has 1 saturated carbocycles. The molecule has 0 heterocycles. The fraction of sp³-hybridized carbons (Fsp3) is 0.800. The van der Waals surface area contributed by atoms with E-state index in [1.54, 1.807) is 0 Å². The van der Waals surface area contributed by atoms with Crippen molar-refractivity contribution in [2.75, 3.05) is 0 Å². The minimum Gasteiger partial charge on any atom is -0.0840 e. The molecule has 0 aromatic heterocycles. The van der Waals surface area contributed by atoms with E-state index in [-0.39, 0.29) is 0 Å². The van der Waals surface area contributed by atoms with Crippen molar-refractivity contribution < 1.29 is 0 Å². The average molecular weight is 136 g/mol. The average Bonchev–Trinajstić information content (AvgIpc) is 2.12. The largest absolute Gasteiger partial charge is 0.0840 e. The van der Waals surface area contributed by atoms with Crippen LogP contribution in [0.5, 0.6) is 0 Å². The smallest absolute Gasteiger partial charge is 0.00556 e. The highest BCUT2D eigenvalue weighted by molar-refractivity contribution is 5.21. The van der Waals surface area contributed by atoms with E-state index in [1.165, 1.54) is 19.3 Å². The predicted octanol–water partition coefficient (Wildman–Crippen LogP) is 3.00. The Morgan fingerprint density at radius 3 is 2.60 bits per heavy atom. The first-order valence-electron chi connectivity index (χ1n) is 4.46. The Morgan fingerprint density at radius 2 is 2.30 bits per heavy atom. The lowest BCUT2D eigenvalue weighted by Crippen LogP contribution is -2.31.